The molecule has 3 heteroatoms. The van der Waals surface area contributed by atoms with Crippen LogP contribution in [0.5, 0.6) is 5.75 Å². The largest absolute Gasteiger partial charge is 0.490 e. The van der Waals surface area contributed by atoms with Crippen molar-refractivity contribution in [3.8, 4) is 5.75 Å². The lowest BCUT2D eigenvalue weighted by molar-refractivity contribution is 0.261. The molecule has 2 nitrogen and oxygen atoms in total. The molecule has 13 heavy (non-hydrogen) atoms. The van der Waals surface area contributed by atoms with E-state index in [0.717, 1.165) is 12.2 Å². The quantitative estimate of drug-likeness (QED) is 0.666. The van der Waals surface area contributed by atoms with Crippen molar-refractivity contribution in [2.24, 2.45) is 0 Å². The van der Waals surface area contributed by atoms with E-state index in [2.05, 4.69) is 0 Å². The Kier molecular flexibility index (Phi) is 2.19. The van der Waals surface area contributed by atoms with Crippen molar-refractivity contribution in [3.05, 3.63) is 29.6 Å². The SMILES string of the molecule is Cc1ccc(F)cc1OC[C@H]1CO1. The highest BCUT2D eigenvalue weighted by Crippen LogP contribution is 2.20. The van der Waals surface area contributed by atoms with Crippen molar-refractivity contribution in [3.63, 3.8) is 0 Å². The monoisotopic (exact) mass is 182 g/mol. The third kappa shape index (κ3) is 2.18. The average molecular weight is 182 g/mol. The van der Waals surface area contributed by atoms with Gasteiger partial charge in [-0.05, 0) is 18.6 Å². The summed E-state index contributed by atoms with van der Waals surface area (Å²) in [5.41, 5.74) is 0.946. The van der Waals surface area contributed by atoms with Crippen LogP contribution in [-0.4, -0.2) is 19.3 Å². The molecule has 70 valence electrons. The van der Waals surface area contributed by atoms with Gasteiger partial charge in [0, 0.05) is 6.07 Å². The molecule has 1 saturated heterocycles. The third-order valence-electron chi connectivity index (χ3n) is 1.98. The normalized spacial score (nSPS) is 20.0. The van der Waals surface area contributed by atoms with Crippen LogP contribution in [0.4, 0.5) is 4.39 Å². The summed E-state index contributed by atoms with van der Waals surface area (Å²) in [6, 6.07) is 4.53. The van der Waals surface area contributed by atoms with E-state index in [1.807, 2.05) is 6.92 Å². The average Bonchev–Trinajstić information content (AvgIpc) is 2.90. The highest BCUT2D eigenvalue weighted by atomic mass is 19.1. The smallest absolute Gasteiger partial charge is 0.126 e. The maximum absolute atomic E-state index is 12.8. The lowest BCUT2D eigenvalue weighted by Gasteiger charge is -2.06. The molecule has 0 spiro atoms. The minimum atomic E-state index is -0.266. The van der Waals surface area contributed by atoms with Crippen LogP contribution in [0.15, 0.2) is 18.2 Å². The maximum Gasteiger partial charge on any atom is 0.126 e. The molecular weight excluding hydrogens is 171 g/mol. The minimum absolute atomic E-state index is 0.211. The van der Waals surface area contributed by atoms with Crippen LogP contribution in [0, 0.1) is 12.7 Å². The first-order valence-electron chi connectivity index (χ1n) is 4.26. The lowest BCUT2D eigenvalue weighted by atomic mass is 10.2. The first-order valence-corrected chi connectivity index (χ1v) is 4.26. The molecule has 1 fully saturated rings. The van der Waals surface area contributed by atoms with Crippen LogP contribution in [0.1, 0.15) is 5.56 Å². The molecule has 0 N–H and O–H groups in total. The Balaban J connectivity index is 2.03. The van der Waals surface area contributed by atoms with Gasteiger partial charge in [-0.2, -0.15) is 0 Å². The van der Waals surface area contributed by atoms with Gasteiger partial charge in [-0.3, -0.25) is 0 Å². The molecular formula is C10H11FO2. The number of benzene rings is 1. The standard InChI is InChI=1S/C10H11FO2/c1-7-2-3-8(11)4-10(7)13-6-9-5-12-9/h2-4,9H,5-6H2,1H3/t9-/m1/s1. The highest BCUT2D eigenvalue weighted by molar-refractivity contribution is 5.32. The Morgan fingerprint density at radius 3 is 3.08 bits per heavy atom. The van der Waals surface area contributed by atoms with E-state index in [9.17, 15) is 4.39 Å². The number of rotatable bonds is 3. The zero-order valence-electron chi connectivity index (χ0n) is 7.42. The second-order valence-corrected chi connectivity index (χ2v) is 3.18. The second-order valence-electron chi connectivity index (χ2n) is 3.18. The predicted octanol–water partition coefficient (Wildman–Crippen LogP) is 1.91. The Hall–Kier alpha value is -1.09. The summed E-state index contributed by atoms with van der Waals surface area (Å²) in [4.78, 5) is 0. The molecule has 0 amide bonds. The van der Waals surface area contributed by atoms with Gasteiger partial charge in [-0.15, -0.1) is 0 Å². The molecule has 1 atom stereocenters. The van der Waals surface area contributed by atoms with Crippen molar-refractivity contribution in [2.75, 3.05) is 13.2 Å². The van der Waals surface area contributed by atoms with Gasteiger partial charge in [0.25, 0.3) is 0 Å². The predicted molar refractivity (Wildman–Crippen MR) is 46.4 cm³/mol. The van der Waals surface area contributed by atoms with E-state index in [1.54, 1.807) is 6.07 Å². The Bertz CT molecular complexity index is 308. The number of halogens is 1. The van der Waals surface area contributed by atoms with Crippen molar-refractivity contribution >= 4 is 0 Å². The molecule has 1 aromatic rings. The fourth-order valence-corrected chi connectivity index (χ4v) is 1.08. The van der Waals surface area contributed by atoms with Gasteiger partial charge in [0.05, 0.1) is 6.61 Å². The Morgan fingerprint density at radius 1 is 1.62 bits per heavy atom. The highest BCUT2D eigenvalue weighted by Gasteiger charge is 2.23. The van der Waals surface area contributed by atoms with E-state index in [4.69, 9.17) is 9.47 Å². The number of hydrogen-bond acceptors (Lipinski definition) is 2. The van der Waals surface area contributed by atoms with Gasteiger partial charge in [0.1, 0.15) is 24.3 Å². The molecule has 0 aromatic heterocycles. The third-order valence-corrected chi connectivity index (χ3v) is 1.98. The fraction of sp³-hybridized carbons (Fsp3) is 0.400. The molecule has 0 bridgehead atoms. The molecule has 1 aliphatic rings. The van der Waals surface area contributed by atoms with E-state index in [-0.39, 0.29) is 11.9 Å². The van der Waals surface area contributed by atoms with E-state index >= 15 is 0 Å². The second kappa shape index (κ2) is 3.34. The van der Waals surface area contributed by atoms with Gasteiger partial charge < -0.3 is 9.47 Å². The molecule has 1 aromatic carbocycles. The maximum atomic E-state index is 12.8. The summed E-state index contributed by atoms with van der Waals surface area (Å²) < 4.78 is 23.1. The van der Waals surface area contributed by atoms with Crippen LogP contribution < -0.4 is 4.74 Å². The summed E-state index contributed by atoms with van der Waals surface area (Å²) in [6.07, 6.45) is 0.211. The molecule has 1 heterocycles. The summed E-state index contributed by atoms with van der Waals surface area (Å²) in [7, 11) is 0. The molecule has 0 aliphatic carbocycles. The van der Waals surface area contributed by atoms with Crippen LogP contribution in [0.25, 0.3) is 0 Å². The van der Waals surface area contributed by atoms with Crippen LogP contribution in [0.3, 0.4) is 0 Å². The van der Waals surface area contributed by atoms with Crippen molar-refractivity contribution in [2.45, 2.75) is 13.0 Å². The Labute approximate surface area is 76.3 Å². The molecule has 0 unspecified atom stereocenters. The number of ether oxygens (including phenoxy) is 2. The fourth-order valence-electron chi connectivity index (χ4n) is 1.08. The van der Waals surface area contributed by atoms with Gasteiger partial charge in [0.2, 0.25) is 0 Å². The van der Waals surface area contributed by atoms with E-state index in [1.165, 1.54) is 12.1 Å². The summed E-state index contributed by atoms with van der Waals surface area (Å²) >= 11 is 0. The van der Waals surface area contributed by atoms with Gasteiger partial charge in [0.15, 0.2) is 0 Å². The minimum Gasteiger partial charge on any atom is -0.490 e. The molecule has 0 saturated carbocycles. The first kappa shape index (κ1) is 8.51. The Morgan fingerprint density at radius 2 is 2.38 bits per heavy atom. The van der Waals surface area contributed by atoms with Crippen molar-refractivity contribution in [1.82, 2.24) is 0 Å². The first-order chi connectivity index (χ1) is 6.25. The number of hydrogen-bond donors (Lipinski definition) is 0. The molecule has 1 aliphatic heterocycles. The van der Waals surface area contributed by atoms with Gasteiger partial charge >= 0.3 is 0 Å². The van der Waals surface area contributed by atoms with Crippen LogP contribution in [-0.2, 0) is 4.74 Å². The van der Waals surface area contributed by atoms with E-state index < -0.39 is 0 Å². The zero-order valence-corrected chi connectivity index (χ0v) is 7.42. The van der Waals surface area contributed by atoms with Gasteiger partial charge in [-0.1, -0.05) is 6.07 Å². The topological polar surface area (TPSA) is 21.8 Å². The zero-order chi connectivity index (χ0) is 9.26. The van der Waals surface area contributed by atoms with Crippen molar-refractivity contribution < 1.29 is 13.9 Å². The van der Waals surface area contributed by atoms with Crippen LogP contribution >= 0.6 is 0 Å². The van der Waals surface area contributed by atoms with Crippen LogP contribution in [0.2, 0.25) is 0 Å². The number of epoxide rings is 1. The van der Waals surface area contributed by atoms with E-state index in [0.29, 0.717) is 12.4 Å². The summed E-state index contributed by atoms with van der Waals surface area (Å²) in [5, 5.41) is 0. The lowest BCUT2D eigenvalue weighted by Crippen LogP contribution is -2.05. The summed E-state index contributed by atoms with van der Waals surface area (Å²) in [5.74, 6) is 0.341. The number of aryl methyl sites for hydroxylation is 1. The summed E-state index contributed by atoms with van der Waals surface area (Å²) in [6.45, 7) is 3.17. The van der Waals surface area contributed by atoms with Crippen molar-refractivity contribution in [1.29, 1.82) is 0 Å². The van der Waals surface area contributed by atoms with Gasteiger partial charge in [-0.25, -0.2) is 4.39 Å². The molecule has 0 radical (unpaired) electrons. The molecule has 2 rings (SSSR count).